The fraction of sp³-hybridized carbons (Fsp3) is 0.231. The average Bonchev–Trinajstić information content (AvgIpc) is 2.39. The maximum absolute atomic E-state index is 6.06. The maximum Gasteiger partial charge on any atom is 0.221 e. The fourth-order valence-corrected chi connectivity index (χ4v) is 1.78. The van der Waals surface area contributed by atoms with Gasteiger partial charge in [0.05, 0.1) is 5.56 Å². The number of halogens is 1. The quantitative estimate of drug-likeness (QED) is 0.921. The molecule has 94 valence electrons. The minimum atomic E-state index is 0.390. The predicted molar refractivity (Wildman–Crippen MR) is 72.1 cm³/mol. The number of aromatic nitrogens is 2. The van der Waals surface area contributed by atoms with Crippen LogP contribution in [0.3, 0.4) is 0 Å². The largest absolute Gasteiger partial charge is 0.472 e. The van der Waals surface area contributed by atoms with Gasteiger partial charge in [0.2, 0.25) is 5.88 Å². The summed E-state index contributed by atoms with van der Waals surface area (Å²) in [6.45, 7) is 2.30. The average molecular weight is 264 g/mol. The molecule has 0 fully saturated rings. The highest BCUT2D eigenvalue weighted by molar-refractivity contribution is 6.31. The third kappa shape index (κ3) is 2.71. The molecule has 4 nitrogen and oxygen atoms in total. The fourth-order valence-electron chi connectivity index (χ4n) is 1.59. The molecule has 0 aliphatic carbocycles. The Morgan fingerprint density at radius 3 is 2.78 bits per heavy atom. The lowest BCUT2D eigenvalue weighted by Gasteiger charge is -2.10. The van der Waals surface area contributed by atoms with Crippen molar-refractivity contribution in [2.24, 2.45) is 0 Å². The van der Waals surface area contributed by atoms with Crippen molar-refractivity contribution < 1.29 is 4.74 Å². The first-order valence-electron chi connectivity index (χ1n) is 5.58. The van der Waals surface area contributed by atoms with E-state index in [0.717, 1.165) is 16.9 Å². The monoisotopic (exact) mass is 263 g/mol. The normalized spacial score (nSPS) is 10.2. The van der Waals surface area contributed by atoms with Crippen molar-refractivity contribution in [3.8, 4) is 5.88 Å². The van der Waals surface area contributed by atoms with Gasteiger partial charge in [0, 0.05) is 17.6 Å². The Morgan fingerprint density at radius 2 is 2.06 bits per heavy atom. The molecule has 0 spiro atoms. The van der Waals surface area contributed by atoms with Crippen molar-refractivity contribution in [2.45, 2.75) is 13.5 Å². The highest BCUT2D eigenvalue weighted by Gasteiger charge is 2.07. The van der Waals surface area contributed by atoms with Gasteiger partial charge in [0.25, 0.3) is 0 Å². The molecule has 0 aliphatic heterocycles. The van der Waals surface area contributed by atoms with E-state index in [2.05, 4.69) is 15.3 Å². The number of nitrogens with one attached hydrogen (secondary N) is 1. The van der Waals surface area contributed by atoms with Crippen LogP contribution in [0.25, 0.3) is 0 Å². The van der Waals surface area contributed by atoms with Gasteiger partial charge in [-0.2, -0.15) is 0 Å². The number of anilines is 1. The number of rotatable bonds is 4. The molecule has 1 aromatic heterocycles. The van der Waals surface area contributed by atoms with E-state index in [1.807, 2.05) is 38.2 Å². The zero-order chi connectivity index (χ0) is 13.0. The van der Waals surface area contributed by atoms with Gasteiger partial charge in [0.15, 0.2) is 0 Å². The molecular weight excluding hydrogens is 250 g/mol. The van der Waals surface area contributed by atoms with Crippen molar-refractivity contribution in [1.82, 2.24) is 9.97 Å². The van der Waals surface area contributed by atoms with Gasteiger partial charge in [-0.3, -0.25) is 0 Å². The Bertz CT molecular complexity index is 546. The van der Waals surface area contributed by atoms with Gasteiger partial charge in [0.1, 0.15) is 18.8 Å². The maximum atomic E-state index is 6.06. The van der Waals surface area contributed by atoms with E-state index in [1.54, 1.807) is 0 Å². The van der Waals surface area contributed by atoms with E-state index in [4.69, 9.17) is 16.3 Å². The van der Waals surface area contributed by atoms with E-state index in [9.17, 15) is 0 Å². The summed E-state index contributed by atoms with van der Waals surface area (Å²) < 4.78 is 5.67. The van der Waals surface area contributed by atoms with Gasteiger partial charge < -0.3 is 10.1 Å². The van der Waals surface area contributed by atoms with Crippen molar-refractivity contribution in [3.05, 3.63) is 46.7 Å². The standard InChI is InChI=1S/C13H14ClN3O/c1-9-12(15-2)16-8-17-13(9)18-7-10-5-3-4-6-11(10)14/h3-6,8H,7H2,1-2H3,(H,15,16,17). The van der Waals surface area contributed by atoms with Crippen LogP contribution in [0.1, 0.15) is 11.1 Å². The van der Waals surface area contributed by atoms with Crippen LogP contribution < -0.4 is 10.1 Å². The van der Waals surface area contributed by atoms with Crippen LogP contribution in [0.4, 0.5) is 5.82 Å². The Hall–Kier alpha value is -1.81. The summed E-state index contributed by atoms with van der Waals surface area (Å²) in [7, 11) is 1.81. The molecule has 1 aromatic carbocycles. The van der Waals surface area contributed by atoms with E-state index >= 15 is 0 Å². The number of hydrogen-bond acceptors (Lipinski definition) is 4. The van der Waals surface area contributed by atoms with Gasteiger partial charge in [-0.05, 0) is 13.0 Å². The Balaban J connectivity index is 2.14. The van der Waals surface area contributed by atoms with Crippen LogP contribution in [0, 0.1) is 6.92 Å². The molecule has 0 bridgehead atoms. The van der Waals surface area contributed by atoms with E-state index < -0.39 is 0 Å². The molecule has 0 atom stereocenters. The highest BCUT2D eigenvalue weighted by atomic mass is 35.5. The summed E-state index contributed by atoms with van der Waals surface area (Å²) >= 11 is 6.06. The number of nitrogens with zero attached hydrogens (tertiary/aromatic N) is 2. The third-order valence-corrected chi connectivity index (χ3v) is 2.97. The first-order valence-corrected chi connectivity index (χ1v) is 5.95. The molecule has 0 unspecified atom stereocenters. The van der Waals surface area contributed by atoms with Crippen LogP contribution in [-0.4, -0.2) is 17.0 Å². The van der Waals surface area contributed by atoms with Gasteiger partial charge in [-0.15, -0.1) is 0 Å². The second-order valence-corrected chi connectivity index (χ2v) is 4.19. The summed E-state index contributed by atoms with van der Waals surface area (Å²) in [6, 6.07) is 7.58. The molecule has 18 heavy (non-hydrogen) atoms. The van der Waals surface area contributed by atoms with Gasteiger partial charge in [-0.1, -0.05) is 29.8 Å². The first kappa shape index (κ1) is 12.6. The van der Waals surface area contributed by atoms with Crippen LogP contribution in [0.15, 0.2) is 30.6 Å². The lowest BCUT2D eigenvalue weighted by atomic mass is 10.2. The summed E-state index contributed by atoms with van der Waals surface area (Å²) in [6.07, 6.45) is 1.47. The van der Waals surface area contributed by atoms with Crippen LogP contribution >= 0.6 is 11.6 Å². The van der Waals surface area contributed by atoms with Crippen molar-refractivity contribution >= 4 is 17.4 Å². The summed E-state index contributed by atoms with van der Waals surface area (Å²) in [5.41, 5.74) is 1.82. The molecule has 0 amide bonds. The smallest absolute Gasteiger partial charge is 0.221 e. The molecule has 0 saturated carbocycles. The van der Waals surface area contributed by atoms with Crippen molar-refractivity contribution in [2.75, 3.05) is 12.4 Å². The Labute approximate surface area is 111 Å². The molecule has 2 aromatic rings. The van der Waals surface area contributed by atoms with Gasteiger partial charge in [-0.25, -0.2) is 9.97 Å². The minimum Gasteiger partial charge on any atom is -0.472 e. The second-order valence-electron chi connectivity index (χ2n) is 3.78. The Morgan fingerprint density at radius 1 is 1.28 bits per heavy atom. The number of hydrogen-bond donors (Lipinski definition) is 1. The zero-order valence-electron chi connectivity index (χ0n) is 10.3. The highest BCUT2D eigenvalue weighted by Crippen LogP contribution is 2.22. The lowest BCUT2D eigenvalue weighted by molar-refractivity contribution is 0.291. The van der Waals surface area contributed by atoms with Gasteiger partial charge >= 0.3 is 0 Å². The van der Waals surface area contributed by atoms with Crippen molar-refractivity contribution in [3.63, 3.8) is 0 Å². The van der Waals surface area contributed by atoms with Crippen molar-refractivity contribution in [1.29, 1.82) is 0 Å². The topological polar surface area (TPSA) is 47.0 Å². The molecule has 2 rings (SSSR count). The van der Waals surface area contributed by atoms with Crippen LogP contribution in [0.5, 0.6) is 5.88 Å². The lowest BCUT2D eigenvalue weighted by Crippen LogP contribution is -2.03. The molecule has 0 aliphatic rings. The number of benzene rings is 1. The minimum absolute atomic E-state index is 0.390. The van der Waals surface area contributed by atoms with E-state index in [-0.39, 0.29) is 0 Å². The molecule has 0 radical (unpaired) electrons. The summed E-state index contributed by atoms with van der Waals surface area (Å²) in [5.74, 6) is 1.33. The van der Waals surface area contributed by atoms with Crippen LogP contribution in [0.2, 0.25) is 5.02 Å². The molecular formula is C13H14ClN3O. The molecule has 5 heteroatoms. The van der Waals surface area contributed by atoms with E-state index in [1.165, 1.54) is 6.33 Å². The molecule has 0 saturated heterocycles. The summed E-state index contributed by atoms with van der Waals surface area (Å²) in [5, 5.41) is 3.68. The predicted octanol–water partition coefficient (Wildman–Crippen LogP) is 3.06. The zero-order valence-corrected chi connectivity index (χ0v) is 11.0. The second kappa shape index (κ2) is 5.69. The Kier molecular flexibility index (Phi) is 3.99. The number of ether oxygens (including phenoxy) is 1. The third-order valence-electron chi connectivity index (χ3n) is 2.60. The molecule has 1 N–H and O–H groups in total. The SMILES string of the molecule is CNc1ncnc(OCc2ccccc2Cl)c1C. The summed E-state index contributed by atoms with van der Waals surface area (Å²) in [4.78, 5) is 8.22. The van der Waals surface area contributed by atoms with Crippen LogP contribution in [-0.2, 0) is 6.61 Å². The van der Waals surface area contributed by atoms with E-state index in [0.29, 0.717) is 17.5 Å². The molecule has 1 heterocycles. The first-order chi connectivity index (χ1) is 8.72.